The van der Waals surface area contributed by atoms with Gasteiger partial charge in [0.25, 0.3) is 5.91 Å². The van der Waals surface area contributed by atoms with Gasteiger partial charge in [0.1, 0.15) is 16.1 Å². The zero-order valence-electron chi connectivity index (χ0n) is 20.5. The number of rotatable bonds is 14. The summed E-state index contributed by atoms with van der Waals surface area (Å²) in [5, 5.41) is 16.9. The van der Waals surface area contributed by atoms with Crippen LogP contribution in [0.1, 0.15) is 21.3 Å². The van der Waals surface area contributed by atoms with E-state index in [1.807, 2.05) is 0 Å². The molecule has 0 spiro atoms. The Morgan fingerprint density at radius 1 is 1.03 bits per heavy atom. The number of nitrogens with one attached hydrogen (secondary N) is 3. The minimum atomic E-state index is -4.82. The fourth-order valence-electron chi connectivity index (χ4n) is 3.14. The minimum absolute atomic E-state index is 0.00817. The number of alkyl halides is 3. The summed E-state index contributed by atoms with van der Waals surface area (Å²) >= 11 is 1.14. The molecule has 0 saturated carbocycles. The molecule has 0 bridgehead atoms. The number of aliphatic hydroxyl groups excluding tert-OH is 1. The van der Waals surface area contributed by atoms with Crippen LogP contribution in [-0.4, -0.2) is 66.2 Å². The largest absolute Gasteiger partial charge is 0.573 e. The number of ether oxygens (including phenoxy) is 2. The zero-order valence-corrected chi connectivity index (χ0v) is 21.3. The van der Waals surface area contributed by atoms with Crippen molar-refractivity contribution in [2.75, 3.05) is 38.2 Å². The molecule has 1 atom stereocenters. The predicted molar refractivity (Wildman–Crippen MR) is 137 cm³/mol. The molecule has 39 heavy (non-hydrogen) atoms. The first-order chi connectivity index (χ1) is 18.7. The van der Waals surface area contributed by atoms with Crippen LogP contribution in [0.3, 0.4) is 0 Å². The van der Waals surface area contributed by atoms with E-state index in [4.69, 9.17) is 9.84 Å². The fourth-order valence-corrected chi connectivity index (χ4v) is 4.25. The van der Waals surface area contributed by atoms with E-state index in [9.17, 15) is 22.8 Å². The SMILES string of the molecule is O=C(CNCCOCCO)NC(Sc1ncccc1C(=O)Nc1ccc(OC(F)(F)F)cc1)c1ccncc1. The third-order valence-corrected chi connectivity index (χ3v) is 6.01. The number of pyridine rings is 2. The van der Waals surface area contributed by atoms with Crippen LogP contribution in [0.4, 0.5) is 18.9 Å². The van der Waals surface area contributed by atoms with Gasteiger partial charge in [0.2, 0.25) is 5.91 Å². The van der Waals surface area contributed by atoms with Gasteiger partial charge in [0.15, 0.2) is 0 Å². The highest BCUT2D eigenvalue weighted by atomic mass is 32.2. The van der Waals surface area contributed by atoms with Gasteiger partial charge in [-0.05, 0) is 54.1 Å². The lowest BCUT2D eigenvalue weighted by molar-refractivity contribution is -0.274. The molecule has 208 valence electrons. The van der Waals surface area contributed by atoms with Crippen molar-refractivity contribution in [2.45, 2.75) is 16.8 Å². The molecule has 0 saturated heterocycles. The van der Waals surface area contributed by atoms with Crippen molar-refractivity contribution in [3.05, 3.63) is 78.2 Å². The van der Waals surface area contributed by atoms with E-state index in [0.29, 0.717) is 23.7 Å². The molecule has 0 aliphatic heterocycles. The first-order valence-electron chi connectivity index (χ1n) is 11.6. The summed E-state index contributed by atoms with van der Waals surface area (Å²) in [6.07, 6.45) is -0.173. The fraction of sp³-hybridized carbons (Fsp3) is 0.280. The van der Waals surface area contributed by atoms with Crippen LogP contribution in [0, 0.1) is 0 Å². The maximum Gasteiger partial charge on any atom is 0.573 e. The number of anilines is 1. The first kappa shape index (κ1) is 29.8. The maximum absolute atomic E-state index is 13.0. The standard InChI is InChI=1S/C25H26F3N5O5S/c26-25(27,28)38-19-5-3-18(4-6-19)32-22(36)20-2-1-9-31-24(20)39-23(17-7-10-29-11-8-17)33-21(35)16-30-12-14-37-15-13-34/h1-11,23,30,34H,12-16H2,(H,32,36)(H,33,35). The van der Waals surface area contributed by atoms with Gasteiger partial charge in [-0.3, -0.25) is 14.6 Å². The molecule has 10 nitrogen and oxygen atoms in total. The van der Waals surface area contributed by atoms with Crippen LogP contribution >= 0.6 is 11.8 Å². The van der Waals surface area contributed by atoms with E-state index in [0.717, 1.165) is 23.9 Å². The third-order valence-electron chi connectivity index (χ3n) is 4.84. The zero-order chi connectivity index (χ0) is 28.1. The minimum Gasteiger partial charge on any atom is -0.406 e. The summed E-state index contributed by atoms with van der Waals surface area (Å²) in [7, 11) is 0. The van der Waals surface area contributed by atoms with Crippen LogP contribution in [0.5, 0.6) is 5.75 Å². The summed E-state index contributed by atoms with van der Waals surface area (Å²) in [4.78, 5) is 34.0. The van der Waals surface area contributed by atoms with Crippen LogP contribution in [-0.2, 0) is 9.53 Å². The predicted octanol–water partition coefficient (Wildman–Crippen LogP) is 3.13. The Morgan fingerprint density at radius 3 is 2.46 bits per heavy atom. The Kier molecular flexibility index (Phi) is 11.5. The number of carbonyl (C=O) groups excluding carboxylic acids is 2. The van der Waals surface area contributed by atoms with Gasteiger partial charge in [-0.2, -0.15) is 0 Å². The first-order valence-corrected chi connectivity index (χ1v) is 12.5. The number of hydrogen-bond donors (Lipinski definition) is 4. The number of halogens is 3. The summed E-state index contributed by atoms with van der Waals surface area (Å²) in [5.74, 6) is -1.27. The maximum atomic E-state index is 13.0. The summed E-state index contributed by atoms with van der Waals surface area (Å²) in [5.41, 5.74) is 1.17. The van der Waals surface area contributed by atoms with E-state index in [2.05, 4.69) is 30.7 Å². The Bertz CT molecular complexity index is 1200. The van der Waals surface area contributed by atoms with Gasteiger partial charge in [0.05, 0.1) is 31.9 Å². The quantitative estimate of drug-likeness (QED) is 0.132. The highest BCUT2D eigenvalue weighted by Gasteiger charge is 2.31. The summed E-state index contributed by atoms with van der Waals surface area (Å²) < 4.78 is 46.2. The number of nitrogens with zero attached hydrogens (tertiary/aromatic N) is 2. The van der Waals surface area contributed by atoms with Crippen molar-refractivity contribution in [1.29, 1.82) is 0 Å². The molecule has 1 aromatic carbocycles. The highest BCUT2D eigenvalue weighted by Crippen LogP contribution is 2.34. The van der Waals surface area contributed by atoms with Gasteiger partial charge >= 0.3 is 6.36 Å². The van der Waals surface area contributed by atoms with Crippen molar-refractivity contribution in [2.24, 2.45) is 0 Å². The summed E-state index contributed by atoms with van der Waals surface area (Å²) in [6.45, 7) is 0.887. The average Bonchev–Trinajstić information content (AvgIpc) is 2.91. The Labute approximate surface area is 226 Å². The van der Waals surface area contributed by atoms with Gasteiger partial charge in [0, 0.05) is 30.8 Å². The topological polar surface area (TPSA) is 135 Å². The lowest BCUT2D eigenvalue weighted by Gasteiger charge is -2.20. The Hall–Kier alpha value is -3.72. The molecule has 0 aliphatic carbocycles. The molecule has 1 unspecified atom stereocenters. The third kappa shape index (κ3) is 10.5. The normalized spacial score (nSPS) is 12.0. The number of thioether (sulfide) groups is 1. The van der Waals surface area contributed by atoms with Crippen LogP contribution < -0.4 is 20.7 Å². The average molecular weight is 566 g/mol. The smallest absolute Gasteiger partial charge is 0.406 e. The highest BCUT2D eigenvalue weighted by molar-refractivity contribution is 7.99. The van der Waals surface area contributed by atoms with Crippen molar-refractivity contribution in [1.82, 2.24) is 20.6 Å². The molecule has 3 aromatic rings. The number of hydrogen-bond acceptors (Lipinski definition) is 9. The molecule has 4 N–H and O–H groups in total. The number of aliphatic hydroxyl groups is 1. The second-order valence-electron chi connectivity index (χ2n) is 7.74. The van der Waals surface area contributed by atoms with E-state index in [1.165, 1.54) is 18.3 Å². The van der Waals surface area contributed by atoms with Crippen LogP contribution in [0.15, 0.2) is 72.1 Å². The van der Waals surface area contributed by atoms with Crippen LogP contribution in [0.25, 0.3) is 0 Å². The summed E-state index contributed by atoms with van der Waals surface area (Å²) in [6, 6.07) is 11.3. The van der Waals surface area contributed by atoms with E-state index in [1.54, 1.807) is 36.7 Å². The van der Waals surface area contributed by atoms with Gasteiger partial charge in [-0.1, -0.05) is 11.8 Å². The van der Waals surface area contributed by atoms with E-state index in [-0.39, 0.29) is 36.9 Å². The molecular formula is C25H26F3N5O5S. The molecule has 0 aliphatic rings. The van der Waals surface area contributed by atoms with Gasteiger partial charge in [-0.15, -0.1) is 13.2 Å². The van der Waals surface area contributed by atoms with Crippen LogP contribution in [0.2, 0.25) is 0 Å². The number of aromatic nitrogens is 2. The van der Waals surface area contributed by atoms with Gasteiger partial charge < -0.3 is 30.5 Å². The Morgan fingerprint density at radius 2 is 1.77 bits per heavy atom. The molecule has 0 fully saturated rings. The second kappa shape index (κ2) is 15.0. The number of amides is 2. The van der Waals surface area contributed by atoms with Crippen molar-refractivity contribution in [3.63, 3.8) is 0 Å². The molecule has 14 heteroatoms. The molecule has 2 amide bonds. The van der Waals surface area contributed by atoms with E-state index < -0.39 is 23.4 Å². The number of carbonyl (C=O) groups is 2. The number of benzene rings is 1. The second-order valence-corrected chi connectivity index (χ2v) is 8.83. The lowest BCUT2D eigenvalue weighted by Crippen LogP contribution is -2.36. The molecular weight excluding hydrogens is 539 g/mol. The lowest BCUT2D eigenvalue weighted by atomic mass is 10.2. The Balaban J connectivity index is 1.68. The molecule has 3 rings (SSSR count). The van der Waals surface area contributed by atoms with Gasteiger partial charge in [-0.25, -0.2) is 4.98 Å². The molecule has 2 aromatic heterocycles. The van der Waals surface area contributed by atoms with E-state index >= 15 is 0 Å². The van der Waals surface area contributed by atoms with Crippen molar-refractivity contribution < 1.29 is 37.3 Å². The van der Waals surface area contributed by atoms with Crippen molar-refractivity contribution in [3.8, 4) is 5.75 Å². The van der Waals surface area contributed by atoms with Crippen molar-refractivity contribution >= 4 is 29.3 Å². The molecule has 0 radical (unpaired) electrons. The molecule has 2 heterocycles. The monoisotopic (exact) mass is 565 g/mol.